The van der Waals surface area contributed by atoms with Gasteiger partial charge in [-0.1, -0.05) is 30.3 Å². The lowest BCUT2D eigenvalue weighted by molar-refractivity contribution is -0.960. The van der Waals surface area contributed by atoms with Crippen molar-refractivity contribution in [3.63, 3.8) is 0 Å². The van der Waals surface area contributed by atoms with Gasteiger partial charge in [-0.25, -0.2) is 10.2 Å². The van der Waals surface area contributed by atoms with Crippen molar-refractivity contribution >= 4 is 19.6 Å². The van der Waals surface area contributed by atoms with Crippen LogP contribution in [-0.4, -0.2) is 24.3 Å². The van der Waals surface area contributed by atoms with Gasteiger partial charge in [-0.2, -0.15) is 7.82 Å². The Labute approximate surface area is 116 Å². The average molecular weight is 304 g/mol. The van der Waals surface area contributed by atoms with Crippen molar-refractivity contribution in [3.8, 4) is 0 Å². The largest absolute Gasteiger partial charge is 0.822 e. The molecule has 3 atom stereocenters. The molecule has 106 valence electrons. The van der Waals surface area contributed by atoms with Gasteiger partial charge < -0.3 is 19.2 Å². The Balaban J connectivity index is 0.000000232. The van der Waals surface area contributed by atoms with E-state index in [9.17, 15) is 0 Å². The predicted octanol–water partition coefficient (Wildman–Crippen LogP) is -4.52. The van der Waals surface area contributed by atoms with Crippen molar-refractivity contribution in [1.29, 1.82) is 0 Å². The number of phosphoric acid groups is 1. The minimum atomic E-state index is -5.39. The number of quaternary nitrogens is 2. The number of nitrogens with two attached hydrogens (primary N) is 1. The Kier molecular flexibility index (Phi) is 5.03. The van der Waals surface area contributed by atoms with Gasteiger partial charge in [-0.05, 0) is 0 Å². The zero-order chi connectivity index (χ0) is 13.9. The third-order valence-electron chi connectivity index (χ3n) is 3.30. The lowest BCUT2D eigenvalue weighted by Crippen LogP contribution is -3.18. The van der Waals surface area contributed by atoms with Crippen molar-refractivity contribution in [2.45, 2.75) is 11.5 Å². The molecule has 3 N–H and O–H groups in total. The molecule has 0 amide bonds. The van der Waals surface area contributed by atoms with E-state index < -0.39 is 7.82 Å². The van der Waals surface area contributed by atoms with Crippen LogP contribution < -0.4 is 24.9 Å². The molecule has 8 heteroatoms. The maximum Gasteiger partial charge on any atom is 0.358 e. The summed E-state index contributed by atoms with van der Waals surface area (Å²) in [5, 5.41) is 2.57. The van der Waals surface area contributed by atoms with Gasteiger partial charge in [-0.3, -0.25) is 0 Å². The van der Waals surface area contributed by atoms with E-state index in [1.807, 2.05) is 0 Å². The maximum atomic E-state index is 8.55. The van der Waals surface area contributed by atoms with E-state index in [1.54, 1.807) is 16.7 Å². The summed E-state index contributed by atoms with van der Waals surface area (Å²) in [7, 11) is -5.39. The molecule has 2 fully saturated rings. The van der Waals surface area contributed by atoms with Crippen LogP contribution in [-0.2, 0) is 16.3 Å². The molecule has 0 aromatic heterocycles. The fraction of sp³-hybridized carbons (Fsp3) is 0.455. The first-order valence-corrected chi connectivity index (χ1v) is 8.68. The molecule has 0 bridgehead atoms. The zero-order valence-corrected chi connectivity index (χ0v) is 12.1. The summed E-state index contributed by atoms with van der Waals surface area (Å²) in [4.78, 5) is 27.5. The molecule has 1 aromatic rings. The van der Waals surface area contributed by atoms with E-state index in [4.69, 9.17) is 19.2 Å². The highest BCUT2D eigenvalue weighted by Gasteiger charge is 2.48. The highest BCUT2D eigenvalue weighted by molar-refractivity contribution is 7.78. The van der Waals surface area contributed by atoms with Crippen molar-refractivity contribution in [1.82, 2.24) is 0 Å². The lowest BCUT2D eigenvalue weighted by atomic mass is 10.1. The SMILES string of the molecule is O=P([O-])([O-])[O-].c1ccc(C2C[NH+]3CC[SH+][C@H]3[NH2+]2)cc1. The molecule has 6 nitrogen and oxygen atoms in total. The number of rotatable bonds is 1. The monoisotopic (exact) mass is 304 g/mol. The Hall–Kier alpha value is -0.400. The van der Waals surface area contributed by atoms with E-state index >= 15 is 0 Å². The lowest BCUT2D eigenvalue weighted by Gasteiger charge is -2.36. The summed E-state index contributed by atoms with van der Waals surface area (Å²) in [6, 6.07) is 11.6. The zero-order valence-electron chi connectivity index (χ0n) is 10.3. The van der Waals surface area contributed by atoms with Crippen LogP contribution in [0.5, 0.6) is 0 Å². The van der Waals surface area contributed by atoms with Crippen LogP contribution in [0.2, 0.25) is 0 Å². The summed E-state index contributed by atoms with van der Waals surface area (Å²) >= 11 is 1.65. The van der Waals surface area contributed by atoms with Gasteiger partial charge in [0.2, 0.25) is 0 Å². The van der Waals surface area contributed by atoms with Crippen LogP contribution in [0.3, 0.4) is 0 Å². The van der Waals surface area contributed by atoms with E-state index in [1.165, 1.54) is 24.4 Å². The topological polar surface area (TPSA) is 107 Å². The molecule has 2 aliphatic heterocycles. The fourth-order valence-corrected chi connectivity index (χ4v) is 4.06. The fourth-order valence-electron chi connectivity index (χ4n) is 2.54. The van der Waals surface area contributed by atoms with Crippen LogP contribution in [0.25, 0.3) is 0 Å². The number of hydrogen-bond acceptors (Lipinski definition) is 4. The second kappa shape index (κ2) is 6.37. The summed E-state index contributed by atoms with van der Waals surface area (Å²) in [6.07, 6.45) is 0. The normalized spacial score (nSPS) is 29.5. The second-order valence-electron chi connectivity index (χ2n) is 4.62. The molecular weight excluding hydrogens is 287 g/mol. The van der Waals surface area contributed by atoms with Gasteiger partial charge in [0.05, 0.1) is 11.8 Å². The smallest absolute Gasteiger partial charge is 0.358 e. The number of benzene rings is 1. The summed E-state index contributed by atoms with van der Waals surface area (Å²) < 4.78 is 8.55. The van der Waals surface area contributed by atoms with Gasteiger partial charge >= 0.3 is 5.50 Å². The van der Waals surface area contributed by atoms with Crippen molar-refractivity contribution in [2.24, 2.45) is 0 Å². The molecule has 2 aliphatic rings. The summed E-state index contributed by atoms with van der Waals surface area (Å²) in [6.45, 7) is 2.70. The minimum Gasteiger partial charge on any atom is -0.822 e. The van der Waals surface area contributed by atoms with Gasteiger partial charge in [0.15, 0.2) is 11.8 Å². The molecular formula is C11H17N2O4PS. The highest BCUT2D eigenvalue weighted by atomic mass is 32.2. The van der Waals surface area contributed by atoms with Gasteiger partial charge in [0.1, 0.15) is 13.1 Å². The number of fused-ring (bicyclic) bond motifs is 1. The molecule has 0 radical (unpaired) electrons. The Morgan fingerprint density at radius 1 is 1.26 bits per heavy atom. The number of nitrogens with one attached hydrogen (secondary N) is 1. The van der Waals surface area contributed by atoms with E-state index in [0.29, 0.717) is 6.04 Å². The van der Waals surface area contributed by atoms with E-state index in [-0.39, 0.29) is 0 Å². The van der Waals surface area contributed by atoms with Crippen LogP contribution in [0.4, 0.5) is 0 Å². The molecule has 2 heterocycles. The Morgan fingerprint density at radius 2 is 1.89 bits per heavy atom. The third-order valence-corrected chi connectivity index (χ3v) is 4.71. The van der Waals surface area contributed by atoms with Crippen molar-refractivity contribution < 1.29 is 29.5 Å². The molecule has 19 heavy (non-hydrogen) atoms. The molecule has 2 unspecified atom stereocenters. The number of hydrogen-bond donors (Lipinski definition) is 2. The molecule has 1 aromatic carbocycles. The molecule has 2 saturated heterocycles. The summed E-state index contributed by atoms with van der Waals surface area (Å²) in [5.41, 5.74) is 2.34. The standard InChI is InChI=1S/C11H14N2S.H3O4P/c1-2-4-9(5-3-1)10-8-13-6-7-14-11(13)12-10;1-5(2,3)4/h1-5,10-12H,6-8H2;(H3,1,2,3,4)/t10?,11-;/m0./s1. The van der Waals surface area contributed by atoms with Crippen LogP contribution in [0.1, 0.15) is 11.6 Å². The first-order valence-electron chi connectivity index (χ1n) is 6.07. The molecule has 0 saturated carbocycles. The first kappa shape index (κ1) is 15.0. The van der Waals surface area contributed by atoms with Crippen molar-refractivity contribution in [2.75, 3.05) is 18.8 Å². The van der Waals surface area contributed by atoms with Gasteiger partial charge in [0.25, 0.3) is 0 Å². The Morgan fingerprint density at radius 3 is 2.47 bits per heavy atom. The van der Waals surface area contributed by atoms with E-state index in [2.05, 4.69) is 35.6 Å². The van der Waals surface area contributed by atoms with Crippen LogP contribution >= 0.6 is 7.82 Å². The predicted molar refractivity (Wildman–Crippen MR) is 66.8 cm³/mol. The van der Waals surface area contributed by atoms with Gasteiger partial charge in [-0.15, -0.1) is 0 Å². The van der Waals surface area contributed by atoms with Crippen molar-refractivity contribution in [3.05, 3.63) is 35.9 Å². The minimum absolute atomic E-state index is 0.712. The Bertz CT molecular complexity index is 435. The number of thiol groups is 1. The first-order chi connectivity index (χ1) is 8.93. The third kappa shape index (κ3) is 4.89. The molecule has 3 rings (SSSR count). The average Bonchev–Trinajstić information content (AvgIpc) is 2.87. The molecule has 0 spiro atoms. The van der Waals surface area contributed by atoms with Crippen LogP contribution in [0.15, 0.2) is 30.3 Å². The summed E-state index contributed by atoms with van der Waals surface area (Å²) in [5.74, 6) is 1.40. The van der Waals surface area contributed by atoms with Gasteiger partial charge in [0, 0.05) is 5.56 Å². The highest BCUT2D eigenvalue weighted by Crippen LogP contribution is 2.09. The van der Waals surface area contributed by atoms with E-state index in [0.717, 1.165) is 5.50 Å². The quantitative estimate of drug-likeness (QED) is 0.310. The van der Waals surface area contributed by atoms with Crippen LogP contribution in [0, 0.1) is 0 Å². The molecule has 0 aliphatic carbocycles. The maximum absolute atomic E-state index is 8.55. The second-order valence-corrected chi connectivity index (χ2v) is 6.88.